The second-order valence-electron chi connectivity index (χ2n) is 8.66. The highest BCUT2D eigenvalue weighted by Crippen LogP contribution is 2.40. The van der Waals surface area contributed by atoms with Gasteiger partial charge in [-0.25, -0.2) is 4.79 Å². The SMILES string of the molecule is Cc1ccc(NC(=O)COC(=O)c2ccc(N3C(=O)[C@@H]4[C@@H](C)C=CC[C@H]4C3=O)cc2)c(C)c1. The molecule has 3 atom stereocenters. The molecule has 1 aliphatic heterocycles. The van der Waals surface area contributed by atoms with Crippen molar-refractivity contribution < 1.29 is 23.9 Å². The lowest BCUT2D eigenvalue weighted by Crippen LogP contribution is -2.31. The van der Waals surface area contributed by atoms with Gasteiger partial charge in [0.2, 0.25) is 11.8 Å². The number of ether oxygens (including phenoxy) is 1. The molecule has 0 saturated carbocycles. The fourth-order valence-electron chi connectivity index (χ4n) is 4.50. The highest BCUT2D eigenvalue weighted by molar-refractivity contribution is 6.22. The van der Waals surface area contributed by atoms with E-state index in [1.54, 1.807) is 18.2 Å². The number of amides is 3. The van der Waals surface area contributed by atoms with Crippen LogP contribution in [0.25, 0.3) is 0 Å². The molecule has 7 heteroatoms. The quantitative estimate of drug-likeness (QED) is 0.428. The van der Waals surface area contributed by atoms with Crippen LogP contribution >= 0.6 is 0 Å². The Morgan fingerprint density at radius 3 is 2.45 bits per heavy atom. The monoisotopic (exact) mass is 446 g/mol. The third-order valence-electron chi connectivity index (χ3n) is 6.22. The van der Waals surface area contributed by atoms with Crippen LogP contribution in [0.3, 0.4) is 0 Å². The minimum atomic E-state index is -0.664. The number of fused-ring (bicyclic) bond motifs is 1. The molecule has 0 unspecified atom stereocenters. The topological polar surface area (TPSA) is 92.8 Å². The van der Waals surface area contributed by atoms with Crippen molar-refractivity contribution in [3.8, 4) is 0 Å². The zero-order valence-electron chi connectivity index (χ0n) is 18.8. The highest BCUT2D eigenvalue weighted by atomic mass is 16.5. The molecule has 0 spiro atoms. The van der Waals surface area contributed by atoms with E-state index >= 15 is 0 Å². The number of hydrogen-bond acceptors (Lipinski definition) is 5. The van der Waals surface area contributed by atoms with E-state index in [-0.39, 0.29) is 35.1 Å². The van der Waals surface area contributed by atoms with Crippen molar-refractivity contribution in [2.75, 3.05) is 16.8 Å². The summed E-state index contributed by atoms with van der Waals surface area (Å²) in [5.74, 6) is -2.19. The van der Waals surface area contributed by atoms with Gasteiger partial charge in [-0.1, -0.05) is 36.8 Å². The van der Waals surface area contributed by atoms with Crippen LogP contribution in [0.5, 0.6) is 0 Å². The van der Waals surface area contributed by atoms with Crippen LogP contribution in [0.15, 0.2) is 54.6 Å². The van der Waals surface area contributed by atoms with Gasteiger partial charge in [-0.3, -0.25) is 19.3 Å². The van der Waals surface area contributed by atoms with Crippen LogP contribution in [-0.2, 0) is 19.1 Å². The first-order chi connectivity index (χ1) is 15.8. The number of anilines is 2. The largest absolute Gasteiger partial charge is 0.452 e. The molecule has 1 saturated heterocycles. The maximum absolute atomic E-state index is 12.9. The minimum absolute atomic E-state index is 0.00861. The van der Waals surface area contributed by atoms with Crippen molar-refractivity contribution >= 4 is 35.1 Å². The Labute approximate surface area is 192 Å². The summed E-state index contributed by atoms with van der Waals surface area (Å²) in [6.45, 7) is 5.37. The van der Waals surface area contributed by atoms with Crippen LogP contribution in [0.4, 0.5) is 11.4 Å². The van der Waals surface area contributed by atoms with E-state index < -0.39 is 18.5 Å². The number of allylic oxidation sites excluding steroid dienone is 2. The zero-order valence-corrected chi connectivity index (χ0v) is 18.8. The Morgan fingerprint density at radius 1 is 1.06 bits per heavy atom. The van der Waals surface area contributed by atoms with Crippen molar-refractivity contribution in [3.05, 3.63) is 71.3 Å². The Kier molecular flexibility index (Phi) is 6.14. The molecule has 1 N–H and O–H groups in total. The summed E-state index contributed by atoms with van der Waals surface area (Å²) in [7, 11) is 0. The van der Waals surface area contributed by atoms with Crippen molar-refractivity contribution in [2.24, 2.45) is 17.8 Å². The molecule has 7 nitrogen and oxygen atoms in total. The van der Waals surface area contributed by atoms with Crippen molar-refractivity contribution in [1.82, 2.24) is 0 Å². The van der Waals surface area contributed by atoms with Gasteiger partial charge in [0.25, 0.3) is 5.91 Å². The highest BCUT2D eigenvalue weighted by Gasteiger charge is 2.50. The van der Waals surface area contributed by atoms with E-state index in [4.69, 9.17) is 4.74 Å². The molecule has 1 fully saturated rings. The van der Waals surface area contributed by atoms with Gasteiger partial charge in [-0.05, 0) is 62.1 Å². The van der Waals surface area contributed by atoms with Crippen LogP contribution < -0.4 is 10.2 Å². The maximum Gasteiger partial charge on any atom is 0.338 e. The molecule has 33 heavy (non-hydrogen) atoms. The first-order valence-corrected chi connectivity index (χ1v) is 10.9. The van der Waals surface area contributed by atoms with Crippen LogP contribution in [0.2, 0.25) is 0 Å². The fourth-order valence-corrected chi connectivity index (χ4v) is 4.50. The van der Waals surface area contributed by atoms with Gasteiger partial charge in [0.05, 0.1) is 23.1 Å². The van der Waals surface area contributed by atoms with Crippen LogP contribution in [0.1, 0.15) is 34.8 Å². The first kappa shape index (κ1) is 22.5. The number of carbonyl (C=O) groups excluding carboxylic acids is 4. The van der Waals surface area contributed by atoms with Gasteiger partial charge in [0.15, 0.2) is 6.61 Å². The molecule has 0 bridgehead atoms. The van der Waals surface area contributed by atoms with Gasteiger partial charge in [0.1, 0.15) is 0 Å². The summed E-state index contributed by atoms with van der Waals surface area (Å²) in [6, 6.07) is 11.7. The van der Waals surface area contributed by atoms with E-state index in [1.165, 1.54) is 17.0 Å². The van der Waals surface area contributed by atoms with Crippen molar-refractivity contribution in [1.29, 1.82) is 0 Å². The number of esters is 1. The van der Waals surface area contributed by atoms with E-state index in [0.29, 0.717) is 17.8 Å². The molecule has 2 aromatic rings. The summed E-state index contributed by atoms with van der Waals surface area (Å²) >= 11 is 0. The second kappa shape index (κ2) is 9.02. The third kappa shape index (κ3) is 4.44. The van der Waals surface area contributed by atoms with E-state index in [1.807, 2.05) is 45.1 Å². The summed E-state index contributed by atoms with van der Waals surface area (Å²) in [5.41, 5.74) is 3.32. The van der Waals surface area contributed by atoms with Gasteiger partial charge < -0.3 is 10.1 Å². The minimum Gasteiger partial charge on any atom is -0.452 e. The fraction of sp³-hybridized carbons (Fsp3) is 0.308. The first-order valence-electron chi connectivity index (χ1n) is 10.9. The maximum atomic E-state index is 12.9. The Hall–Kier alpha value is -3.74. The van der Waals surface area contributed by atoms with Gasteiger partial charge in [-0.2, -0.15) is 0 Å². The molecule has 3 amide bonds. The number of hydrogen-bond donors (Lipinski definition) is 1. The lowest BCUT2D eigenvalue weighted by Gasteiger charge is -2.22. The summed E-state index contributed by atoms with van der Waals surface area (Å²) in [4.78, 5) is 51.4. The van der Waals surface area contributed by atoms with Crippen LogP contribution in [0, 0.1) is 31.6 Å². The zero-order chi connectivity index (χ0) is 23.7. The van der Waals surface area contributed by atoms with E-state index in [0.717, 1.165) is 11.1 Å². The molecule has 1 aliphatic carbocycles. The number of aryl methyl sites for hydroxylation is 2. The molecule has 2 aromatic carbocycles. The normalized spacial score (nSPS) is 21.7. The lowest BCUT2D eigenvalue weighted by atomic mass is 9.78. The molecular formula is C26H26N2O5. The predicted molar refractivity (Wildman–Crippen MR) is 124 cm³/mol. The smallest absolute Gasteiger partial charge is 0.338 e. The van der Waals surface area contributed by atoms with E-state index in [2.05, 4.69) is 5.32 Å². The summed E-state index contributed by atoms with van der Waals surface area (Å²) < 4.78 is 5.12. The van der Waals surface area contributed by atoms with Crippen molar-refractivity contribution in [3.63, 3.8) is 0 Å². The van der Waals surface area contributed by atoms with E-state index in [9.17, 15) is 19.2 Å². The molecule has 0 radical (unpaired) electrons. The number of nitrogens with zero attached hydrogens (tertiary/aromatic N) is 1. The lowest BCUT2D eigenvalue weighted by molar-refractivity contribution is -0.123. The van der Waals surface area contributed by atoms with Crippen LogP contribution in [-0.4, -0.2) is 30.3 Å². The second-order valence-corrected chi connectivity index (χ2v) is 8.66. The van der Waals surface area contributed by atoms with Crippen molar-refractivity contribution in [2.45, 2.75) is 27.2 Å². The molecule has 2 aliphatic rings. The summed E-state index contributed by atoms with van der Waals surface area (Å²) in [6.07, 6.45) is 4.49. The number of benzene rings is 2. The molecular weight excluding hydrogens is 420 g/mol. The molecule has 170 valence electrons. The Bertz CT molecular complexity index is 1150. The summed E-state index contributed by atoms with van der Waals surface area (Å²) in [5, 5.41) is 2.73. The number of nitrogens with one attached hydrogen (secondary N) is 1. The Balaban J connectivity index is 1.37. The molecule has 0 aromatic heterocycles. The predicted octanol–water partition coefficient (Wildman–Crippen LogP) is 3.80. The third-order valence-corrected chi connectivity index (χ3v) is 6.22. The Morgan fingerprint density at radius 2 is 1.79 bits per heavy atom. The number of rotatable bonds is 5. The number of imide groups is 1. The molecule has 4 rings (SSSR count). The standard InChI is InChI=1S/C26H26N2O5/c1-15-7-12-21(17(3)13-15)27-22(29)14-33-26(32)18-8-10-19(11-9-18)28-24(30)20-6-4-5-16(2)23(20)25(28)31/h4-5,7-13,16,20,23H,6,14H2,1-3H3,(H,27,29)/t16-,20+,23+/m0/s1. The average Bonchev–Trinajstić information content (AvgIpc) is 3.05. The van der Waals surface area contributed by atoms with Gasteiger partial charge >= 0.3 is 5.97 Å². The average molecular weight is 447 g/mol. The van der Waals surface area contributed by atoms with Gasteiger partial charge in [0, 0.05) is 5.69 Å². The molecule has 1 heterocycles. The number of carbonyl (C=O) groups is 4. The van der Waals surface area contributed by atoms with Gasteiger partial charge in [-0.15, -0.1) is 0 Å².